The van der Waals surface area contributed by atoms with Crippen molar-refractivity contribution in [2.45, 2.75) is 52.7 Å². The molecule has 0 aliphatic carbocycles. The lowest BCUT2D eigenvalue weighted by Crippen LogP contribution is -2.34. The Labute approximate surface area is 153 Å². The molecule has 2 amide bonds. The van der Waals surface area contributed by atoms with Crippen molar-refractivity contribution in [3.05, 3.63) is 52.8 Å². The molecule has 26 heavy (non-hydrogen) atoms. The van der Waals surface area contributed by atoms with Gasteiger partial charge in [0.05, 0.1) is 11.3 Å². The van der Waals surface area contributed by atoms with E-state index in [1.807, 2.05) is 17.8 Å². The number of nitrogens with zero attached hydrogens (tertiary/aromatic N) is 2. The normalized spacial score (nSPS) is 10.5. The van der Waals surface area contributed by atoms with Gasteiger partial charge in [-0.1, -0.05) is 31.9 Å². The zero-order valence-corrected chi connectivity index (χ0v) is 15.3. The van der Waals surface area contributed by atoms with E-state index in [1.54, 1.807) is 12.1 Å². The van der Waals surface area contributed by atoms with Crippen LogP contribution in [0.3, 0.4) is 0 Å². The fraction of sp³-hybridized carbons (Fsp3) is 0.421. The fourth-order valence-corrected chi connectivity index (χ4v) is 2.56. The summed E-state index contributed by atoms with van der Waals surface area (Å²) in [6, 6.07) is 6.15. The molecule has 1 aromatic heterocycles. The van der Waals surface area contributed by atoms with Gasteiger partial charge in [0.2, 0.25) is 0 Å². The van der Waals surface area contributed by atoms with Gasteiger partial charge in [0, 0.05) is 31.4 Å². The molecule has 140 valence electrons. The van der Waals surface area contributed by atoms with Crippen molar-refractivity contribution in [1.29, 1.82) is 0 Å². The number of amides is 2. The fourth-order valence-electron chi connectivity index (χ4n) is 2.56. The van der Waals surface area contributed by atoms with Crippen LogP contribution in [0.15, 0.2) is 30.5 Å². The third-order valence-corrected chi connectivity index (χ3v) is 4.13. The highest BCUT2D eigenvalue weighted by Crippen LogP contribution is 2.07. The molecular weight excluding hydrogens is 332 g/mol. The zero-order chi connectivity index (χ0) is 18.9. The highest BCUT2D eigenvalue weighted by molar-refractivity contribution is 5.87. The van der Waals surface area contributed by atoms with Crippen molar-refractivity contribution in [2.75, 3.05) is 0 Å². The molecule has 0 fully saturated rings. The molecular formula is C19H26N4O3. The Morgan fingerprint density at radius 1 is 1.12 bits per heavy atom. The molecule has 0 radical (unpaired) electrons. The number of benzene rings is 1. The Balaban J connectivity index is 1.77. The minimum atomic E-state index is -0.965. The molecule has 0 bridgehead atoms. The van der Waals surface area contributed by atoms with E-state index < -0.39 is 5.97 Å². The first kappa shape index (κ1) is 19.5. The van der Waals surface area contributed by atoms with E-state index in [9.17, 15) is 9.59 Å². The topological polar surface area (TPSA) is 96.2 Å². The van der Waals surface area contributed by atoms with E-state index in [1.165, 1.54) is 25.0 Å². The lowest BCUT2D eigenvalue weighted by Gasteiger charge is -2.07. The summed E-state index contributed by atoms with van der Waals surface area (Å²) in [4.78, 5) is 22.8. The molecule has 0 saturated carbocycles. The maximum atomic E-state index is 12.0. The molecule has 0 aliphatic rings. The molecule has 0 spiro atoms. The summed E-state index contributed by atoms with van der Waals surface area (Å²) in [5.74, 6) is -0.965. The van der Waals surface area contributed by atoms with Gasteiger partial charge in [-0.3, -0.25) is 4.68 Å². The van der Waals surface area contributed by atoms with Crippen LogP contribution in [0.1, 0.15) is 53.4 Å². The van der Waals surface area contributed by atoms with Crippen LogP contribution in [0.2, 0.25) is 0 Å². The van der Waals surface area contributed by atoms with E-state index >= 15 is 0 Å². The largest absolute Gasteiger partial charge is 0.478 e. The summed E-state index contributed by atoms with van der Waals surface area (Å²) in [5, 5.41) is 18.9. The average Bonchev–Trinajstić information content (AvgIpc) is 2.98. The number of aryl methyl sites for hydroxylation is 2. The molecule has 0 saturated heterocycles. The Bertz CT molecular complexity index is 738. The van der Waals surface area contributed by atoms with E-state index in [4.69, 9.17) is 5.11 Å². The Kier molecular flexibility index (Phi) is 7.20. The number of carboxylic acid groups (broad SMARTS) is 1. The molecule has 7 nitrogen and oxygen atoms in total. The number of urea groups is 1. The van der Waals surface area contributed by atoms with Crippen LogP contribution >= 0.6 is 0 Å². The number of carboxylic acids is 1. The second-order valence-electron chi connectivity index (χ2n) is 6.25. The minimum Gasteiger partial charge on any atom is -0.478 e. The van der Waals surface area contributed by atoms with Crippen LogP contribution in [0, 0.1) is 6.92 Å². The number of hydrogen-bond donors (Lipinski definition) is 3. The smallest absolute Gasteiger partial charge is 0.335 e. The molecule has 1 heterocycles. The van der Waals surface area contributed by atoms with Crippen molar-refractivity contribution < 1.29 is 14.7 Å². The summed E-state index contributed by atoms with van der Waals surface area (Å²) < 4.78 is 1.93. The van der Waals surface area contributed by atoms with Crippen molar-refractivity contribution in [1.82, 2.24) is 20.4 Å². The second-order valence-corrected chi connectivity index (χ2v) is 6.25. The van der Waals surface area contributed by atoms with Crippen molar-refractivity contribution >= 4 is 12.0 Å². The van der Waals surface area contributed by atoms with Gasteiger partial charge >= 0.3 is 12.0 Å². The molecule has 1 aromatic carbocycles. The van der Waals surface area contributed by atoms with Gasteiger partial charge in [-0.05, 0) is 31.0 Å². The standard InChI is InChI=1S/C19H26N4O3/c1-3-4-5-10-23-13-17(14(2)22-23)12-21-19(26)20-11-15-6-8-16(9-7-15)18(24)25/h6-9,13H,3-5,10-12H2,1-2H3,(H,24,25)(H2,20,21,26). The maximum Gasteiger partial charge on any atom is 0.335 e. The van der Waals surface area contributed by atoms with Crippen molar-refractivity contribution in [3.63, 3.8) is 0 Å². The van der Waals surface area contributed by atoms with E-state index in [2.05, 4.69) is 22.7 Å². The Morgan fingerprint density at radius 3 is 2.46 bits per heavy atom. The van der Waals surface area contributed by atoms with E-state index in [0.29, 0.717) is 13.1 Å². The van der Waals surface area contributed by atoms with Gasteiger partial charge in [0.25, 0.3) is 0 Å². The Morgan fingerprint density at radius 2 is 1.81 bits per heavy atom. The summed E-state index contributed by atoms with van der Waals surface area (Å²) in [5.41, 5.74) is 2.99. The highest BCUT2D eigenvalue weighted by atomic mass is 16.4. The summed E-state index contributed by atoms with van der Waals surface area (Å²) in [6.45, 7) is 5.76. The molecule has 0 atom stereocenters. The monoisotopic (exact) mass is 358 g/mol. The van der Waals surface area contributed by atoms with E-state index in [-0.39, 0.29) is 11.6 Å². The summed E-state index contributed by atoms with van der Waals surface area (Å²) in [6.07, 6.45) is 5.44. The minimum absolute atomic E-state index is 0.227. The van der Waals surface area contributed by atoms with Crippen molar-refractivity contribution in [3.8, 4) is 0 Å². The first-order chi connectivity index (χ1) is 12.5. The molecule has 2 aromatic rings. The quantitative estimate of drug-likeness (QED) is 0.600. The first-order valence-corrected chi connectivity index (χ1v) is 8.86. The number of rotatable bonds is 9. The number of aromatic nitrogens is 2. The van der Waals surface area contributed by atoms with Crippen molar-refractivity contribution in [2.24, 2.45) is 0 Å². The highest BCUT2D eigenvalue weighted by Gasteiger charge is 2.07. The number of aromatic carboxylic acids is 1. The predicted molar refractivity (Wildman–Crippen MR) is 99.0 cm³/mol. The summed E-state index contributed by atoms with van der Waals surface area (Å²) in [7, 11) is 0. The van der Waals surface area contributed by atoms with Gasteiger partial charge in [-0.15, -0.1) is 0 Å². The summed E-state index contributed by atoms with van der Waals surface area (Å²) >= 11 is 0. The zero-order valence-electron chi connectivity index (χ0n) is 15.3. The van der Waals surface area contributed by atoms with Crippen LogP contribution in [-0.2, 0) is 19.6 Å². The van der Waals surface area contributed by atoms with Gasteiger partial charge in [0.1, 0.15) is 0 Å². The van der Waals surface area contributed by atoms with E-state index in [0.717, 1.165) is 29.8 Å². The van der Waals surface area contributed by atoms with Gasteiger partial charge in [-0.2, -0.15) is 5.10 Å². The first-order valence-electron chi connectivity index (χ1n) is 8.86. The Hall–Kier alpha value is -2.83. The molecule has 7 heteroatoms. The molecule has 2 rings (SSSR count). The third kappa shape index (κ3) is 5.91. The van der Waals surface area contributed by atoms with Crippen LogP contribution in [0.5, 0.6) is 0 Å². The number of unbranched alkanes of at least 4 members (excludes halogenated alkanes) is 2. The van der Waals surface area contributed by atoms with Gasteiger partial charge in [-0.25, -0.2) is 9.59 Å². The van der Waals surface area contributed by atoms with Gasteiger partial charge < -0.3 is 15.7 Å². The lowest BCUT2D eigenvalue weighted by atomic mass is 10.1. The molecule has 3 N–H and O–H groups in total. The third-order valence-electron chi connectivity index (χ3n) is 4.13. The second kappa shape index (κ2) is 9.60. The number of carbonyl (C=O) groups is 2. The average molecular weight is 358 g/mol. The van der Waals surface area contributed by atoms with Crippen LogP contribution in [0.25, 0.3) is 0 Å². The predicted octanol–water partition coefficient (Wildman–Crippen LogP) is 3.08. The number of carbonyl (C=O) groups excluding carboxylic acids is 1. The number of hydrogen-bond acceptors (Lipinski definition) is 3. The van der Waals surface area contributed by atoms with Crippen LogP contribution in [0.4, 0.5) is 4.79 Å². The molecule has 0 unspecified atom stereocenters. The molecule has 0 aliphatic heterocycles. The number of nitrogens with one attached hydrogen (secondary N) is 2. The van der Waals surface area contributed by atoms with Crippen LogP contribution in [-0.4, -0.2) is 26.9 Å². The van der Waals surface area contributed by atoms with Gasteiger partial charge in [0.15, 0.2) is 0 Å². The van der Waals surface area contributed by atoms with Crippen LogP contribution < -0.4 is 10.6 Å². The lowest BCUT2D eigenvalue weighted by molar-refractivity contribution is 0.0697. The maximum absolute atomic E-state index is 12.0. The SMILES string of the molecule is CCCCCn1cc(CNC(=O)NCc2ccc(C(=O)O)cc2)c(C)n1.